The van der Waals surface area contributed by atoms with Crippen molar-refractivity contribution in [2.75, 3.05) is 19.8 Å². The molecule has 0 aliphatic carbocycles. The summed E-state index contributed by atoms with van der Waals surface area (Å²) in [7, 11) is 0. The molecule has 3 rings (SSSR count). The predicted molar refractivity (Wildman–Crippen MR) is 94.9 cm³/mol. The number of ether oxygens (including phenoxy) is 2. The van der Waals surface area contributed by atoms with Crippen molar-refractivity contribution in [3.63, 3.8) is 0 Å². The third-order valence-electron chi connectivity index (χ3n) is 5.03. The second-order valence-corrected chi connectivity index (χ2v) is 6.89. The molecule has 0 saturated carbocycles. The summed E-state index contributed by atoms with van der Waals surface area (Å²) in [5.74, 6) is -1.10. The van der Waals surface area contributed by atoms with Crippen molar-refractivity contribution in [3.05, 3.63) is 35.9 Å². The zero-order chi connectivity index (χ0) is 19.4. The second kappa shape index (κ2) is 8.39. The van der Waals surface area contributed by atoms with E-state index < -0.39 is 18.1 Å². The monoisotopic (exact) mass is 376 g/mol. The lowest BCUT2D eigenvalue weighted by molar-refractivity contribution is -0.161. The van der Waals surface area contributed by atoms with Crippen LogP contribution in [0.2, 0.25) is 0 Å². The van der Waals surface area contributed by atoms with Gasteiger partial charge in [0.25, 0.3) is 0 Å². The number of nitrogens with zero attached hydrogens (tertiary/aromatic N) is 2. The summed E-state index contributed by atoms with van der Waals surface area (Å²) >= 11 is 0. The molecule has 2 fully saturated rings. The summed E-state index contributed by atoms with van der Waals surface area (Å²) in [6.45, 7) is 2.77. The maximum atomic E-state index is 12.9. The molecule has 0 spiro atoms. The molecule has 1 aromatic rings. The van der Waals surface area contributed by atoms with E-state index in [1.807, 2.05) is 30.3 Å². The van der Waals surface area contributed by atoms with Gasteiger partial charge >= 0.3 is 12.1 Å². The fourth-order valence-corrected chi connectivity index (χ4v) is 3.58. The zero-order valence-electron chi connectivity index (χ0n) is 15.2. The number of amides is 2. The molecule has 2 aliphatic rings. The number of aliphatic carboxylic acids is 1. The first-order valence-corrected chi connectivity index (χ1v) is 9.06. The highest BCUT2D eigenvalue weighted by atomic mass is 16.6. The van der Waals surface area contributed by atoms with Gasteiger partial charge in [-0.05, 0) is 18.9 Å². The van der Waals surface area contributed by atoms with Gasteiger partial charge in [-0.15, -0.1) is 0 Å². The summed E-state index contributed by atoms with van der Waals surface area (Å²) in [5.41, 5.74) is 0.873. The Bertz CT molecular complexity index is 695. The number of carboxylic acids is 1. The van der Waals surface area contributed by atoms with Gasteiger partial charge in [0.2, 0.25) is 5.91 Å². The number of hydrogen-bond acceptors (Lipinski definition) is 5. The van der Waals surface area contributed by atoms with Crippen LogP contribution < -0.4 is 0 Å². The number of carbonyl (C=O) groups excluding carboxylic acids is 2. The van der Waals surface area contributed by atoms with Crippen molar-refractivity contribution in [1.82, 2.24) is 9.80 Å². The quantitative estimate of drug-likeness (QED) is 0.836. The average Bonchev–Trinajstić information content (AvgIpc) is 2.67. The Hall–Kier alpha value is -2.61. The van der Waals surface area contributed by atoms with E-state index in [0.29, 0.717) is 26.2 Å². The van der Waals surface area contributed by atoms with Gasteiger partial charge in [0.1, 0.15) is 12.6 Å². The highest BCUT2D eigenvalue weighted by Gasteiger charge is 2.45. The fraction of sp³-hybridized carbons (Fsp3) is 0.526. The third kappa shape index (κ3) is 4.39. The fourth-order valence-electron chi connectivity index (χ4n) is 3.58. The molecule has 1 aromatic carbocycles. The molecule has 0 aromatic heterocycles. The number of rotatable bonds is 5. The van der Waals surface area contributed by atoms with Crippen LogP contribution in [0.4, 0.5) is 4.79 Å². The van der Waals surface area contributed by atoms with Gasteiger partial charge in [-0.25, -0.2) is 4.79 Å². The Kier molecular flexibility index (Phi) is 5.95. The Balaban J connectivity index is 1.64. The Morgan fingerprint density at radius 1 is 1.26 bits per heavy atom. The van der Waals surface area contributed by atoms with Crippen LogP contribution in [-0.4, -0.2) is 70.8 Å². The first-order valence-electron chi connectivity index (χ1n) is 9.06. The summed E-state index contributed by atoms with van der Waals surface area (Å²) in [5, 5.41) is 8.91. The molecule has 0 bridgehead atoms. The molecule has 2 aliphatic heterocycles. The average molecular weight is 376 g/mol. The van der Waals surface area contributed by atoms with Gasteiger partial charge in [-0.3, -0.25) is 14.5 Å². The topological polar surface area (TPSA) is 96.4 Å². The van der Waals surface area contributed by atoms with Crippen LogP contribution in [0.1, 0.15) is 25.3 Å². The number of carbonyl (C=O) groups is 3. The van der Waals surface area contributed by atoms with Crippen molar-refractivity contribution in [2.45, 2.75) is 44.5 Å². The van der Waals surface area contributed by atoms with Crippen LogP contribution in [0.5, 0.6) is 0 Å². The molecule has 0 unspecified atom stereocenters. The highest BCUT2D eigenvalue weighted by Crippen LogP contribution is 2.26. The standard InChI is InChI=1S/C19H24N2O6/c1-13-18(24)21-15(7-8-17(22)23)11-26-12-16(21)9-20(13)19(25)27-10-14-5-3-2-4-6-14/h2-6,13,15-16H,7-12H2,1H3,(H,22,23)/t13-,15-,16+/m0/s1. The van der Waals surface area contributed by atoms with Gasteiger partial charge < -0.3 is 19.5 Å². The maximum absolute atomic E-state index is 12.9. The Morgan fingerprint density at radius 2 is 2.00 bits per heavy atom. The molecule has 2 saturated heterocycles. The van der Waals surface area contributed by atoms with Gasteiger partial charge in [0.15, 0.2) is 0 Å². The molecule has 27 heavy (non-hydrogen) atoms. The predicted octanol–water partition coefficient (Wildman–Crippen LogP) is 1.49. The van der Waals surface area contributed by atoms with E-state index in [2.05, 4.69) is 0 Å². The summed E-state index contributed by atoms with van der Waals surface area (Å²) < 4.78 is 10.9. The Morgan fingerprint density at radius 3 is 2.70 bits per heavy atom. The van der Waals surface area contributed by atoms with Gasteiger partial charge in [0.05, 0.1) is 25.3 Å². The molecule has 2 amide bonds. The lowest BCUT2D eigenvalue weighted by atomic mass is 10.00. The van der Waals surface area contributed by atoms with Crippen LogP contribution in [0.15, 0.2) is 30.3 Å². The Labute approximate surface area is 157 Å². The smallest absolute Gasteiger partial charge is 0.410 e. The first kappa shape index (κ1) is 19.2. The largest absolute Gasteiger partial charge is 0.481 e. The van der Waals surface area contributed by atoms with Crippen molar-refractivity contribution in [2.24, 2.45) is 0 Å². The lowest BCUT2D eigenvalue weighted by Crippen LogP contribution is -2.68. The molecular formula is C19H24N2O6. The van der Waals surface area contributed by atoms with Gasteiger partial charge in [-0.1, -0.05) is 30.3 Å². The number of fused-ring (bicyclic) bond motifs is 1. The minimum Gasteiger partial charge on any atom is -0.481 e. The summed E-state index contributed by atoms with van der Waals surface area (Å²) in [6.07, 6.45) is -0.225. The summed E-state index contributed by atoms with van der Waals surface area (Å²) in [6, 6.07) is 8.12. The third-order valence-corrected chi connectivity index (χ3v) is 5.03. The van der Waals surface area contributed by atoms with Crippen molar-refractivity contribution < 1.29 is 29.0 Å². The van der Waals surface area contributed by atoms with E-state index >= 15 is 0 Å². The van der Waals surface area contributed by atoms with Crippen LogP contribution >= 0.6 is 0 Å². The van der Waals surface area contributed by atoms with E-state index in [4.69, 9.17) is 14.6 Å². The van der Waals surface area contributed by atoms with Crippen LogP contribution in [0.25, 0.3) is 0 Å². The molecule has 146 valence electrons. The molecule has 1 N–H and O–H groups in total. The number of hydrogen-bond donors (Lipinski definition) is 1. The molecule has 0 radical (unpaired) electrons. The SMILES string of the molecule is C[C@H]1C(=O)N2[C@@H](CCC(=O)O)COC[C@H]2CN1C(=O)OCc1ccccc1. The minimum atomic E-state index is -0.902. The number of piperazine rings is 1. The lowest BCUT2D eigenvalue weighted by Gasteiger charge is -2.49. The number of morpholine rings is 1. The summed E-state index contributed by atoms with van der Waals surface area (Å²) in [4.78, 5) is 39.4. The normalized spacial score (nSPS) is 25.1. The van der Waals surface area contributed by atoms with Crippen LogP contribution in [0.3, 0.4) is 0 Å². The molecule has 8 nitrogen and oxygen atoms in total. The second-order valence-electron chi connectivity index (χ2n) is 6.89. The van der Waals surface area contributed by atoms with E-state index in [9.17, 15) is 14.4 Å². The highest BCUT2D eigenvalue weighted by molar-refractivity contribution is 5.87. The maximum Gasteiger partial charge on any atom is 0.410 e. The van der Waals surface area contributed by atoms with E-state index in [1.54, 1.807) is 11.8 Å². The first-order chi connectivity index (χ1) is 13.0. The zero-order valence-corrected chi connectivity index (χ0v) is 15.2. The molecule has 3 atom stereocenters. The molecule has 8 heteroatoms. The molecular weight excluding hydrogens is 352 g/mol. The van der Waals surface area contributed by atoms with Crippen LogP contribution in [-0.2, 0) is 25.7 Å². The van der Waals surface area contributed by atoms with Crippen LogP contribution in [0, 0.1) is 0 Å². The van der Waals surface area contributed by atoms with Crippen molar-refractivity contribution in [3.8, 4) is 0 Å². The minimum absolute atomic E-state index is 0.0261. The number of benzene rings is 1. The van der Waals surface area contributed by atoms with E-state index in [0.717, 1.165) is 5.56 Å². The van der Waals surface area contributed by atoms with Crippen molar-refractivity contribution in [1.29, 1.82) is 0 Å². The van der Waals surface area contributed by atoms with Gasteiger partial charge in [0, 0.05) is 13.0 Å². The van der Waals surface area contributed by atoms with Crippen molar-refractivity contribution >= 4 is 18.0 Å². The van der Waals surface area contributed by atoms with Gasteiger partial charge in [-0.2, -0.15) is 0 Å². The molecule has 2 heterocycles. The number of carboxylic acid groups (broad SMARTS) is 1. The van der Waals surface area contributed by atoms with E-state index in [-0.39, 0.29) is 31.0 Å². The van der Waals surface area contributed by atoms with E-state index in [1.165, 1.54) is 4.90 Å².